The topological polar surface area (TPSA) is 39.1 Å². The number of nitrogens with zero attached hydrogens (tertiary/aromatic N) is 1. The van der Waals surface area contributed by atoms with Gasteiger partial charge in [0, 0.05) is 17.9 Å². The predicted molar refractivity (Wildman–Crippen MR) is 78.1 cm³/mol. The highest BCUT2D eigenvalue weighted by Gasteiger charge is 2.18. The molecule has 1 heterocycles. The average Bonchev–Trinajstić information content (AvgIpc) is 2.86. The third-order valence-electron chi connectivity index (χ3n) is 3.29. The SMILES string of the molecule is CC(=O)n1c(C(=O)c2ccccc2)cc2ccccc21. The molecule has 0 aliphatic heterocycles. The highest BCUT2D eigenvalue weighted by atomic mass is 16.2. The van der Waals surface area contributed by atoms with Crippen LogP contribution in [0.2, 0.25) is 0 Å². The summed E-state index contributed by atoms with van der Waals surface area (Å²) >= 11 is 0. The molecule has 3 heteroatoms. The fraction of sp³-hybridized carbons (Fsp3) is 0.0588. The van der Waals surface area contributed by atoms with E-state index in [1.165, 1.54) is 11.5 Å². The number of hydrogen-bond acceptors (Lipinski definition) is 2. The highest BCUT2D eigenvalue weighted by molar-refractivity contribution is 6.13. The zero-order chi connectivity index (χ0) is 14.1. The highest BCUT2D eigenvalue weighted by Crippen LogP contribution is 2.22. The van der Waals surface area contributed by atoms with Crippen molar-refractivity contribution in [2.24, 2.45) is 0 Å². The van der Waals surface area contributed by atoms with E-state index in [0.29, 0.717) is 11.3 Å². The predicted octanol–water partition coefficient (Wildman–Crippen LogP) is 3.53. The van der Waals surface area contributed by atoms with Crippen molar-refractivity contribution in [3.8, 4) is 0 Å². The molecule has 0 aliphatic rings. The summed E-state index contributed by atoms with van der Waals surface area (Å²) in [4.78, 5) is 24.5. The first kappa shape index (κ1) is 12.4. The Labute approximate surface area is 116 Å². The lowest BCUT2D eigenvalue weighted by Gasteiger charge is -2.05. The first-order chi connectivity index (χ1) is 9.68. The number of para-hydroxylation sites is 1. The van der Waals surface area contributed by atoms with Gasteiger partial charge in [-0.2, -0.15) is 0 Å². The van der Waals surface area contributed by atoms with Crippen LogP contribution in [0.4, 0.5) is 0 Å². The average molecular weight is 263 g/mol. The number of carbonyl (C=O) groups is 2. The van der Waals surface area contributed by atoms with Gasteiger partial charge >= 0.3 is 0 Å². The molecule has 0 aliphatic carbocycles. The number of hydrogen-bond donors (Lipinski definition) is 0. The molecule has 0 atom stereocenters. The number of rotatable bonds is 2. The van der Waals surface area contributed by atoms with Crippen molar-refractivity contribution in [2.45, 2.75) is 6.92 Å². The Hall–Kier alpha value is -2.68. The van der Waals surface area contributed by atoms with Crippen LogP contribution in [0.3, 0.4) is 0 Å². The van der Waals surface area contributed by atoms with Crippen LogP contribution in [0, 0.1) is 0 Å². The van der Waals surface area contributed by atoms with E-state index in [0.717, 1.165) is 10.9 Å². The molecule has 1 aromatic heterocycles. The van der Waals surface area contributed by atoms with Gasteiger partial charge in [0.1, 0.15) is 0 Å². The smallest absolute Gasteiger partial charge is 0.228 e. The van der Waals surface area contributed by atoms with Crippen LogP contribution < -0.4 is 0 Å². The molecule has 0 N–H and O–H groups in total. The van der Waals surface area contributed by atoms with Crippen LogP contribution in [0.15, 0.2) is 60.7 Å². The van der Waals surface area contributed by atoms with Crippen LogP contribution in [-0.2, 0) is 0 Å². The second-order valence-electron chi connectivity index (χ2n) is 4.64. The lowest BCUT2D eigenvalue weighted by molar-refractivity contribution is 0.0918. The standard InChI is InChI=1S/C17H13NO2/c1-12(19)18-15-10-6-5-9-14(15)11-16(18)17(20)13-7-3-2-4-8-13/h2-11H,1H3. The van der Waals surface area contributed by atoms with Crippen LogP contribution >= 0.6 is 0 Å². The Morgan fingerprint density at radius 1 is 0.900 bits per heavy atom. The molecule has 2 aromatic carbocycles. The van der Waals surface area contributed by atoms with Crippen molar-refractivity contribution in [1.29, 1.82) is 0 Å². The van der Waals surface area contributed by atoms with E-state index in [1.807, 2.05) is 42.5 Å². The van der Waals surface area contributed by atoms with Gasteiger partial charge in [-0.05, 0) is 12.1 Å². The lowest BCUT2D eigenvalue weighted by Crippen LogP contribution is -2.14. The van der Waals surface area contributed by atoms with Gasteiger partial charge in [-0.15, -0.1) is 0 Å². The van der Waals surface area contributed by atoms with Crippen LogP contribution in [0.1, 0.15) is 27.8 Å². The molecule has 3 aromatic rings. The number of ketones is 1. The van der Waals surface area contributed by atoms with Gasteiger partial charge in [-0.3, -0.25) is 14.2 Å². The molecular formula is C17H13NO2. The van der Waals surface area contributed by atoms with Crippen molar-refractivity contribution in [3.05, 3.63) is 71.9 Å². The number of fused-ring (bicyclic) bond motifs is 1. The zero-order valence-electron chi connectivity index (χ0n) is 11.0. The summed E-state index contributed by atoms with van der Waals surface area (Å²) in [6.45, 7) is 1.47. The second kappa shape index (κ2) is 4.78. The molecule has 0 saturated heterocycles. The van der Waals surface area contributed by atoms with Gasteiger partial charge < -0.3 is 0 Å². The monoisotopic (exact) mass is 263 g/mol. The fourth-order valence-electron chi connectivity index (χ4n) is 2.40. The van der Waals surface area contributed by atoms with Crippen LogP contribution in [-0.4, -0.2) is 16.3 Å². The minimum Gasteiger partial charge on any atom is -0.287 e. The number of benzene rings is 2. The maximum Gasteiger partial charge on any atom is 0.228 e. The molecule has 0 radical (unpaired) electrons. The minimum absolute atomic E-state index is 0.142. The van der Waals surface area contributed by atoms with Gasteiger partial charge in [0.15, 0.2) is 0 Å². The van der Waals surface area contributed by atoms with Crippen molar-refractivity contribution in [2.75, 3.05) is 0 Å². The second-order valence-corrected chi connectivity index (χ2v) is 4.64. The first-order valence-corrected chi connectivity index (χ1v) is 6.39. The Kier molecular flexibility index (Phi) is 2.95. The molecular weight excluding hydrogens is 250 g/mol. The van der Waals surface area contributed by atoms with Gasteiger partial charge in [0.2, 0.25) is 11.7 Å². The molecule has 3 nitrogen and oxygen atoms in total. The largest absolute Gasteiger partial charge is 0.287 e. The normalized spacial score (nSPS) is 10.7. The van der Waals surface area contributed by atoms with Gasteiger partial charge in [-0.25, -0.2) is 0 Å². The maximum atomic E-state index is 12.6. The van der Waals surface area contributed by atoms with E-state index in [2.05, 4.69) is 0 Å². The Balaban J connectivity index is 2.24. The molecule has 20 heavy (non-hydrogen) atoms. The fourth-order valence-corrected chi connectivity index (χ4v) is 2.40. The van der Waals surface area contributed by atoms with E-state index in [-0.39, 0.29) is 11.7 Å². The van der Waals surface area contributed by atoms with E-state index in [9.17, 15) is 9.59 Å². The summed E-state index contributed by atoms with van der Waals surface area (Å²) in [6.07, 6.45) is 0. The molecule has 0 bridgehead atoms. The Bertz CT molecular complexity index is 800. The third kappa shape index (κ3) is 1.93. The Morgan fingerprint density at radius 2 is 1.55 bits per heavy atom. The van der Waals surface area contributed by atoms with Crippen LogP contribution in [0.25, 0.3) is 10.9 Å². The van der Waals surface area contributed by atoms with Gasteiger partial charge in [0.25, 0.3) is 0 Å². The third-order valence-corrected chi connectivity index (χ3v) is 3.29. The van der Waals surface area contributed by atoms with Crippen LogP contribution in [0.5, 0.6) is 0 Å². The van der Waals surface area contributed by atoms with E-state index >= 15 is 0 Å². The summed E-state index contributed by atoms with van der Waals surface area (Å²) < 4.78 is 1.48. The number of carbonyl (C=O) groups excluding carboxylic acids is 2. The van der Waals surface area contributed by atoms with Gasteiger partial charge in [0.05, 0.1) is 11.2 Å². The van der Waals surface area contributed by atoms with Gasteiger partial charge in [-0.1, -0.05) is 48.5 Å². The number of aromatic nitrogens is 1. The summed E-state index contributed by atoms with van der Waals surface area (Å²) in [5, 5.41) is 0.891. The zero-order valence-corrected chi connectivity index (χ0v) is 11.0. The van der Waals surface area contributed by atoms with E-state index in [4.69, 9.17) is 0 Å². The van der Waals surface area contributed by atoms with E-state index < -0.39 is 0 Å². The molecule has 0 amide bonds. The molecule has 0 spiro atoms. The molecule has 0 saturated carbocycles. The first-order valence-electron chi connectivity index (χ1n) is 6.39. The van der Waals surface area contributed by atoms with Crippen molar-refractivity contribution < 1.29 is 9.59 Å². The minimum atomic E-state index is -0.162. The Morgan fingerprint density at radius 3 is 2.25 bits per heavy atom. The summed E-state index contributed by atoms with van der Waals surface area (Å²) in [7, 11) is 0. The summed E-state index contributed by atoms with van der Waals surface area (Å²) in [6, 6.07) is 18.3. The quantitative estimate of drug-likeness (QED) is 0.663. The molecule has 0 fully saturated rings. The van der Waals surface area contributed by atoms with E-state index in [1.54, 1.807) is 18.2 Å². The summed E-state index contributed by atoms with van der Waals surface area (Å²) in [5.41, 5.74) is 1.75. The molecule has 0 unspecified atom stereocenters. The summed E-state index contributed by atoms with van der Waals surface area (Å²) in [5.74, 6) is -0.303. The molecule has 3 rings (SSSR count). The van der Waals surface area contributed by atoms with Crippen molar-refractivity contribution >= 4 is 22.6 Å². The lowest BCUT2D eigenvalue weighted by atomic mass is 10.1. The maximum absolute atomic E-state index is 12.6. The van der Waals surface area contributed by atoms with Crippen molar-refractivity contribution in [1.82, 2.24) is 4.57 Å². The molecule has 98 valence electrons. The van der Waals surface area contributed by atoms with Crippen molar-refractivity contribution in [3.63, 3.8) is 0 Å².